The van der Waals surface area contributed by atoms with E-state index in [0.717, 1.165) is 98.0 Å². The van der Waals surface area contributed by atoms with Crippen LogP contribution < -0.4 is 20.3 Å². The lowest BCUT2D eigenvalue weighted by atomic mass is 10.0. The van der Waals surface area contributed by atoms with E-state index in [9.17, 15) is 9.59 Å². The molecule has 5 aromatic rings. The Balaban J connectivity index is 1.81. The molecule has 3 aromatic carbocycles. The molecule has 0 aliphatic carbocycles. The first kappa shape index (κ1) is 29.7. The molecule has 0 amide bonds. The van der Waals surface area contributed by atoms with Gasteiger partial charge in [-0.1, -0.05) is 53.4 Å². The molecular weight excluding hydrogens is 524 g/mol. The highest BCUT2D eigenvalue weighted by Gasteiger charge is 2.18. The van der Waals surface area contributed by atoms with Crippen LogP contribution in [0.1, 0.15) is 79.1 Å². The van der Waals surface area contributed by atoms with Crippen molar-refractivity contribution in [2.75, 3.05) is 13.2 Å². The summed E-state index contributed by atoms with van der Waals surface area (Å²) in [7, 11) is 0. The minimum atomic E-state index is -0.0233. The monoisotopic (exact) mass is 568 g/mol. The van der Waals surface area contributed by atoms with E-state index in [-0.39, 0.29) is 10.9 Å². The van der Waals surface area contributed by atoms with E-state index in [4.69, 9.17) is 9.47 Å². The molecule has 6 nitrogen and oxygen atoms in total. The first-order chi connectivity index (χ1) is 20.5. The van der Waals surface area contributed by atoms with Gasteiger partial charge in [0.2, 0.25) is 0 Å². The smallest absolute Gasteiger partial charge is 0.197 e. The molecule has 0 bridgehead atoms. The number of rotatable bonds is 14. The second-order valence-corrected chi connectivity index (χ2v) is 11.3. The van der Waals surface area contributed by atoms with E-state index >= 15 is 0 Å². The number of unbranched alkanes of at least 4 members (excludes halogenated alkanes) is 4. The zero-order valence-electron chi connectivity index (χ0n) is 25.6. The van der Waals surface area contributed by atoms with Gasteiger partial charge in [-0.15, -0.1) is 0 Å². The van der Waals surface area contributed by atoms with Crippen LogP contribution in [0, 0.1) is 0 Å². The minimum Gasteiger partial charge on any atom is -0.494 e. The summed E-state index contributed by atoms with van der Waals surface area (Å²) in [6.07, 6.45) is 8.03. The number of pyridine rings is 2. The van der Waals surface area contributed by atoms with Gasteiger partial charge in [-0.2, -0.15) is 0 Å². The van der Waals surface area contributed by atoms with Gasteiger partial charge < -0.3 is 18.6 Å². The molecule has 0 N–H and O–H groups in total. The van der Waals surface area contributed by atoms with E-state index in [1.165, 1.54) is 0 Å². The fourth-order valence-corrected chi connectivity index (χ4v) is 5.76. The molecule has 2 aromatic heterocycles. The Kier molecular flexibility index (Phi) is 9.51. The molecular formula is C36H44N2O4. The number of nitrogens with zero attached hydrogens (tertiary/aromatic N) is 2. The van der Waals surface area contributed by atoms with Crippen LogP contribution in [0.15, 0.2) is 58.1 Å². The second kappa shape index (κ2) is 13.5. The van der Waals surface area contributed by atoms with Gasteiger partial charge >= 0.3 is 0 Å². The zero-order valence-corrected chi connectivity index (χ0v) is 25.6. The summed E-state index contributed by atoms with van der Waals surface area (Å²) < 4.78 is 16.4. The van der Waals surface area contributed by atoms with Crippen molar-refractivity contribution in [2.24, 2.45) is 0 Å². The Hall–Kier alpha value is -3.80. The highest BCUT2D eigenvalue weighted by atomic mass is 16.5. The number of fused-ring (bicyclic) bond motifs is 4. The van der Waals surface area contributed by atoms with E-state index in [2.05, 4.69) is 36.8 Å². The molecule has 0 spiro atoms. The Labute approximate surface area is 247 Å². The Morgan fingerprint density at radius 3 is 1.26 bits per heavy atom. The van der Waals surface area contributed by atoms with Gasteiger partial charge in [0.15, 0.2) is 10.9 Å². The van der Waals surface area contributed by atoms with Crippen molar-refractivity contribution in [1.29, 1.82) is 0 Å². The highest BCUT2D eigenvalue weighted by Crippen LogP contribution is 2.30. The average Bonchev–Trinajstić information content (AvgIpc) is 3.01. The summed E-state index contributed by atoms with van der Waals surface area (Å²) in [6, 6.07) is 15.6. The van der Waals surface area contributed by atoms with Crippen molar-refractivity contribution in [2.45, 2.75) is 92.2 Å². The zero-order chi connectivity index (χ0) is 29.6. The fourth-order valence-electron chi connectivity index (χ4n) is 5.76. The molecule has 0 saturated heterocycles. The standard InChI is InChI=1S/C36H44N2O4/c1-5-9-17-37-31-15-13-25(41-19-11-7-3)21-27(31)35(39)29-24-34-30(23-33(29)37)36(40)28-22-26(42-20-12-8-4)14-16-32(28)38(34)18-10-6-2/h13-16,21-24H,5-12,17-20H2,1-4H3. The number of aromatic nitrogens is 2. The lowest BCUT2D eigenvalue weighted by Crippen LogP contribution is -2.16. The second-order valence-electron chi connectivity index (χ2n) is 11.3. The molecule has 6 heteroatoms. The van der Waals surface area contributed by atoms with Gasteiger partial charge in [-0.3, -0.25) is 9.59 Å². The maximum absolute atomic E-state index is 14.1. The molecule has 0 unspecified atom stereocenters. The van der Waals surface area contributed by atoms with E-state index in [1.54, 1.807) is 0 Å². The van der Waals surface area contributed by atoms with Crippen LogP contribution in [0.2, 0.25) is 0 Å². The Morgan fingerprint density at radius 1 is 0.500 bits per heavy atom. The highest BCUT2D eigenvalue weighted by molar-refractivity contribution is 6.04. The summed E-state index contributed by atoms with van der Waals surface area (Å²) in [5, 5.41) is 2.59. The maximum Gasteiger partial charge on any atom is 0.197 e. The molecule has 2 heterocycles. The number of aryl methyl sites for hydroxylation is 2. The summed E-state index contributed by atoms with van der Waals surface area (Å²) in [6.45, 7) is 11.4. The van der Waals surface area contributed by atoms with Gasteiger partial charge in [-0.05, 0) is 74.2 Å². The van der Waals surface area contributed by atoms with Gasteiger partial charge in [0.05, 0.1) is 35.3 Å². The number of ether oxygens (including phenoxy) is 2. The quantitative estimate of drug-likeness (QED) is 0.0994. The maximum atomic E-state index is 14.1. The molecule has 42 heavy (non-hydrogen) atoms. The summed E-state index contributed by atoms with van der Waals surface area (Å²) >= 11 is 0. The predicted molar refractivity (Wildman–Crippen MR) is 176 cm³/mol. The normalized spacial score (nSPS) is 11.7. The lowest BCUT2D eigenvalue weighted by Gasteiger charge is -2.19. The first-order valence-corrected chi connectivity index (χ1v) is 15.9. The van der Waals surface area contributed by atoms with Gasteiger partial charge in [0.25, 0.3) is 0 Å². The van der Waals surface area contributed by atoms with Crippen LogP contribution in [0.3, 0.4) is 0 Å². The minimum absolute atomic E-state index is 0.0233. The van der Waals surface area contributed by atoms with E-state index < -0.39 is 0 Å². The van der Waals surface area contributed by atoms with Crippen molar-refractivity contribution in [3.05, 3.63) is 69.0 Å². The van der Waals surface area contributed by atoms with E-state index in [1.807, 2.05) is 48.5 Å². The predicted octanol–water partition coefficient (Wildman–Crippen LogP) is 8.58. The Morgan fingerprint density at radius 2 is 0.881 bits per heavy atom. The summed E-state index contributed by atoms with van der Waals surface area (Å²) in [5.41, 5.74) is 3.32. The van der Waals surface area contributed by atoms with Crippen LogP contribution in [0.5, 0.6) is 11.5 Å². The third-order valence-corrected chi connectivity index (χ3v) is 8.20. The summed E-state index contributed by atoms with van der Waals surface area (Å²) in [5.74, 6) is 1.44. The SMILES string of the molecule is CCCCOc1ccc2c(c1)c(=O)c1cc3c(cc1n2CCCC)c(=O)c1cc(OCCCC)ccc1n3CCCC. The van der Waals surface area contributed by atoms with Crippen LogP contribution in [-0.2, 0) is 13.1 Å². The number of benzene rings is 3. The van der Waals surface area contributed by atoms with Crippen molar-refractivity contribution >= 4 is 43.6 Å². The lowest BCUT2D eigenvalue weighted by molar-refractivity contribution is 0.309. The topological polar surface area (TPSA) is 62.5 Å². The van der Waals surface area contributed by atoms with Crippen LogP contribution in [0.4, 0.5) is 0 Å². The molecule has 0 saturated carbocycles. The van der Waals surface area contributed by atoms with Crippen molar-refractivity contribution < 1.29 is 9.47 Å². The molecule has 0 radical (unpaired) electrons. The fraction of sp³-hybridized carbons (Fsp3) is 0.444. The number of hydrogen-bond acceptors (Lipinski definition) is 4. The largest absolute Gasteiger partial charge is 0.494 e. The summed E-state index contributed by atoms with van der Waals surface area (Å²) in [4.78, 5) is 28.2. The van der Waals surface area contributed by atoms with Crippen molar-refractivity contribution in [1.82, 2.24) is 9.13 Å². The molecule has 0 fully saturated rings. The molecule has 5 rings (SSSR count). The van der Waals surface area contributed by atoms with Crippen molar-refractivity contribution in [3.63, 3.8) is 0 Å². The van der Waals surface area contributed by atoms with Crippen LogP contribution >= 0.6 is 0 Å². The third kappa shape index (κ3) is 5.77. The van der Waals surface area contributed by atoms with Crippen LogP contribution in [0.25, 0.3) is 43.6 Å². The average molecular weight is 569 g/mol. The molecule has 0 aliphatic heterocycles. The van der Waals surface area contributed by atoms with Gasteiger partial charge in [0.1, 0.15) is 11.5 Å². The molecule has 222 valence electrons. The number of hydrogen-bond donors (Lipinski definition) is 0. The van der Waals surface area contributed by atoms with Crippen molar-refractivity contribution in [3.8, 4) is 11.5 Å². The van der Waals surface area contributed by atoms with E-state index in [0.29, 0.717) is 34.8 Å². The van der Waals surface area contributed by atoms with Gasteiger partial charge in [0, 0.05) is 34.6 Å². The third-order valence-electron chi connectivity index (χ3n) is 8.20. The molecule has 0 aliphatic rings. The first-order valence-electron chi connectivity index (χ1n) is 15.9. The molecule has 0 atom stereocenters. The van der Waals surface area contributed by atoms with Gasteiger partial charge in [-0.25, -0.2) is 0 Å². The Bertz CT molecular complexity index is 1700. The van der Waals surface area contributed by atoms with Crippen LogP contribution in [-0.4, -0.2) is 22.3 Å².